The van der Waals surface area contributed by atoms with Gasteiger partial charge in [-0.15, -0.1) is 0 Å². The second kappa shape index (κ2) is 7.89. The summed E-state index contributed by atoms with van der Waals surface area (Å²) in [4.78, 5) is 24.6. The van der Waals surface area contributed by atoms with Crippen LogP contribution in [0.1, 0.15) is 15.9 Å². The monoisotopic (exact) mass is 367 g/mol. The number of nitrogens with zero attached hydrogens (tertiary/aromatic N) is 2. The predicted octanol–water partition coefficient (Wildman–Crippen LogP) is 3.33. The molecule has 1 heterocycles. The SMILES string of the molecule is CN(NC(=O)c1ccc(=O)n(Cc2ccccc2Cl)c1)c1ccccc1. The highest BCUT2D eigenvalue weighted by Crippen LogP contribution is 2.16. The molecule has 0 saturated carbocycles. The molecule has 0 aliphatic heterocycles. The average Bonchev–Trinajstić information content (AvgIpc) is 2.66. The van der Waals surface area contributed by atoms with E-state index in [-0.39, 0.29) is 11.5 Å². The summed E-state index contributed by atoms with van der Waals surface area (Å²) in [6.07, 6.45) is 1.54. The second-order valence-corrected chi connectivity index (χ2v) is 6.22. The Labute approximate surface area is 156 Å². The first-order valence-electron chi connectivity index (χ1n) is 8.08. The molecule has 1 aromatic heterocycles. The molecule has 0 aliphatic carbocycles. The Balaban J connectivity index is 1.79. The van der Waals surface area contributed by atoms with Crippen molar-refractivity contribution in [3.8, 4) is 0 Å². The number of hydrazine groups is 1. The summed E-state index contributed by atoms with van der Waals surface area (Å²) in [5, 5.41) is 2.21. The Hall–Kier alpha value is -3.05. The van der Waals surface area contributed by atoms with Crippen molar-refractivity contribution >= 4 is 23.2 Å². The Morgan fingerprint density at radius 2 is 1.73 bits per heavy atom. The van der Waals surface area contributed by atoms with Crippen molar-refractivity contribution in [3.63, 3.8) is 0 Å². The highest BCUT2D eigenvalue weighted by molar-refractivity contribution is 6.31. The summed E-state index contributed by atoms with van der Waals surface area (Å²) in [7, 11) is 1.76. The number of carbonyl (C=O) groups excluding carboxylic acids is 1. The second-order valence-electron chi connectivity index (χ2n) is 5.81. The predicted molar refractivity (Wildman–Crippen MR) is 104 cm³/mol. The molecule has 0 spiro atoms. The third-order valence-corrected chi connectivity index (χ3v) is 4.33. The Bertz CT molecular complexity index is 970. The molecule has 1 amide bonds. The largest absolute Gasteiger partial charge is 0.310 e. The van der Waals surface area contributed by atoms with E-state index in [0.717, 1.165) is 11.3 Å². The molecule has 6 heteroatoms. The highest BCUT2D eigenvalue weighted by atomic mass is 35.5. The number of aromatic nitrogens is 1. The van der Waals surface area contributed by atoms with Gasteiger partial charge >= 0.3 is 0 Å². The molecular formula is C20H18ClN3O2. The van der Waals surface area contributed by atoms with Gasteiger partial charge < -0.3 is 4.57 Å². The van der Waals surface area contributed by atoms with Crippen molar-refractivity contribution in [1.29, 1.82) is 0 Å². The van der Waals surface area contributed by atoms with E-state index in [4.69, 9.17) is 11.6 Å². The zero-order valence-corrected chi connectivity index (χ0v) is 15.0. The number of anilines is 1. The fourth-order valence-corrected chi connectivity index (χ4v) is 2.73. The Kier molecular flexibility index (Phi) is 5.39. The molecule has 26 heavy (non-hydrogen) atoms. The number of nitrogens with one attached hydrogen (secondary N) is 1. The van der Waals surface area contributed by atoms with Gasteiger partial charge in [0.05, 0.1) is 17.8 Å². The topological polar surface area (TPSA) is 54.3 Å². The van der Waals surface area contributed by atoms with E-state index in [1.165, 1.54) is 16.7 Å². The van der Waals surface area contributed by atoms with E-state index in [9.17, 15) is 9.59 Å². The number of pyridine rings is 1. The lowest BCUT2D eigenvalue weighted by Gasteiger charge is -2.20. The van der Waals surface area contributed by atoms with Gasteiger partial charge in [-0.2, -0.15) is 0 Å². The number of halogens is 1. The number of rotatable bonds is 5. The third kappa shape index (κ3) is 4.13. The number of hydrogen-bond acceptors (Lipinski definition) is 3. The lowest BCUT2D eigenvalue weighted by molar-refractivity contribution is 0.0950. The lowest BCUT2D eigenvalue weighted by atomic mass is 10.2. The smallest absolute Gasteiger partial charge is 0.271 e. The zero-order valence-electron chi connectivity index (χ0n) is 14.2. The van der Waals surface area contributed by atoms with Crippen LogP contribution < -0.4 is 16.0 Å². The summed E-state index contributed by atoms with van der Waals surface area (Å²) < 4.78 is 1.47. The highest BCUT2D eigenvalue weighted by Gasteiger charge is 2.11. The number of para-hydroxylation sites is 1. The normalized spacial score (nSPS) is 10.4. The minimum absolute atomic E-state index is 0.196. The molecule has 3 rings (SSSR count). The molecule has 0 fully saturated rings. The van der Waals surface area contributed by atoms with Crippen LogP contribution in [0.4, 0.5) is 5.69 Å². The van der Waals surface area contributed by atoms with Crippen LogP contribution in [-0.4, -0.2) is 17.5 Å². The molecular weight excluding hydrogens is 350 g/mol. The summed E-state index contributed by atoms with van der Waals surface area (Å²) in [6.45, 7) is 0.300. The molecule has 5 nitrogen and oxygen atoms in total. The van der Waals surface area contributed by atoms with Crippen LogP contribution in [0.25, 0.3) is 0 Å². The number of hydrogen-bond donors (Lipinski definition) is 1. The molecule has 0 unspecified atom stereocenters. The van der Waals surface area contributed by atoms with Crippen LogP contribution in [0.3, 0.4) is 0 Å². The van der Waals surface area contributed by atoms with E-state index in [1.807, 2.05) is 48.5 Å². The minimum Gasteiger partial charge on any atom is -0.310 e. The zero-order chi connectivity index (χ0) is 18.5. The van der Waals surface area contributed by atoms with Gasteiger partial charge in [0, 0.05) is 24.3 Å². The first-order chi connectivity index (χ1) is 12.5. The van der Waals surface area contributed by atoms with Gasteiger partial charge in [-0.25, -0.2) is 0 Å². The number of carbonyl (C=O) groups is 1. The molecule has 132 valence electrons. The summed E-state index contributed by atoms with van der Waals surface area (Å²) in [5.74, 6) is -0.302. The first-order valence-corrected chi connectivity index (χ1v) is 8.46. The average molecular weight is 368 g/mol. The van der Waals surface area contributed by atoms with Crippen molar-refractivity contribution < 1.29 is 4.79 Å². The molecule has 0 saturated heterocycles. The quantitative estimate of drug-likeness (QED) is 0.704. The minimum atomic E-state index is -0.302. The molecule has 0 radical (unpaired) electrons. The van der Waals surface area contributed by atoms with Crippen molar-refractivity contribution in [2.75, 3.05) is 12.1 Å². The third-order valence-electron chi connectivity index (χ3n) is 3.96. The summed E-state index contributed by atoms with van der Waals surface area (Å²) >= 11 is 6.16. The molecule has 3 aromatic rings. The lowest BCUT2D eigenvalue weighted by Crippen LogP contribution is -2.39. The van der Waals surface area contributed by atoms with Gasteiger partial charge in [0.25, 0.3) is 11.5 Å². The van der Waals surface area contributed by atoms with Crippen LogP contribution in [0.15, 0.2) is 77.7 Å². The summed E-state index contributed by atoms with van der Waals surface area (Å²) in [6, 6.07) is 19.7. The van der Waals surface area contributed by atoms with E-state index >= 15 is 0 Å². The van der Waals surface area contributed by atoms with Gasteiger partial charge in [0.2, 0.25) is 0 Å². The maximum absolute atomic E-state index is 12.5. The van der Waals surface area contributed by atoms with Gasteiger partial charge in [-0.1, -0.05) is 48.0 Å². The van der Waals surface area contributed by atoms with Crippen LogP contribution >= 0.6 is 11.6 Å². The number of benzene rings is 2. The van der Waals surface area contributed by atoms with Crippen molar-refractivity contribution in [2.45, 2.75) is 6.54 Å². The maximum Gasteiger partial charge on any atom is 0.271 e. The standard InChI is InChI=1S/C20H18ClN3O2/c1-23(17-8-3-2-4-9-17)22-20(26)16-11-12-19(25)24(14-16)13-15-7-5-6-10-18(15)21/h2-12,14H,13H2,1H3,(H,22,26). The fourth-order valence-electron chi connectivity index (χ4n) is 2.53. The van der Waals surface area contributed by atoms with Gasteiger partial charge in [0.15, 0.2) is 0 Å². The first kappa shape index (κ1) is 17.8. The van der Waals surface area contributed by atoms with Crippen LogP contribution in [-0.2, 0) is 6.54 Å². The van der Waals surface area contributed by atoms with Gasteiger partial charge in [-0.3, -0.25) is 20.0 Å². The molecule has 0 bridgehead atoms. The van der Waals surface area contributed by atoms with Crippen molar-refractivity contribution in [3.05, 3.63) is 99.4 Å². The Morgan fingerprint density at radius 3 is 2.46 bits per heavy atom. The van der Waals surface area contributed by atoms with Crippen LogP contribution in [0.5, 0.6) is 0 Å². The van der Waals surface area contributed by atoms with Gasteiger partial charge in [-0.05, 0) is 29.8 Å². The van der Waals surface area contributed by atoms with Crippen molar-refractivity contribution in [1.82, 2.24) is 9.99 Å². The number of amides is 1. The van der Waals surface area contributed by atoms with Crippen LogP contribution in [0.2, 0.25) is 5.02 Å². The van der Waals surface area contributed by atoms with Crippen molar-refractivity contribution in [2.24, 2.45) is 0 Å². The maximum atomic E-state index is 12.5. The van der Waals surface area contributed by atoms with E-state index in [2.05, 4.69) is 5.43 Å². The molecule has 2 aromatic carbocycles. The van der Waals surface area contributed by atoms with Crippen LogP contribution in [0, 0.1) is 0 Å². The van der Waals surface area contributed by atoms with E-state index < -0.39 is 0 Å². The molecule has 0 atom stereocenters. The van der Waals surface area contributed by atoms with Gasteiger partial charge in [0.1, 0.15) is 0 Å². The summed E-state index contributed by atoms with van der Waals surface area (Å²) in [5.41, 5.74) is 4.65. The fraction of sp³-hybridized carbons (Fsp3) is 0.100. The molecule has 0 aliphatic rings. The molecule has 1 N–H and O–H groups in total. The Morgan fingerprint density at radius 1 is 1.04 bits per heavy atom. The van der Waals surface area contributed by atoms with E-state index in [0.29, 0.717) is 17.1 Å². The van der Waals surface area contributed by atoms with E-state index in [1.54, 1.807) is 24.3 Å².